The number of carbonyl (C=O) groups excluding carboxylic acids is 2. The van der Waals surface area contributed by atoms with Crippen molar-refractivity contribution < 1.29 is 31.5 Å². The van der Waals surface area contributed by atoms with Crippen LogP contribution in [-0.4, -0.2) is 33.4 Å². The minimum absolute atomic E-state index is 0.00459. The van der Waals surface area contributed by atoms with Gasteiger partial charge in [0.15, 0.2) is 18.2 Å². The van der Waals surface area contributed by atoms with E-state index >= 15 is 0 Å². The number of benzene rings is 2. The second-order valence-corrected chi connectivity index (χ2v) is 7.45. The Kier molecular flexibility index (Phi) is 7.18. The van der Waals surface area contributed by atoms with Crippen molar-refractivity contribution in [3.8, 4) is 0 Å². The number of carbonyl (C=O) groups is 2. The second-order valence-electron chi connectivity index (χ2n) is 5.68. The van der Waals surface area contributed by atoms with Crippen LogP contribution in [0.4, 0.5) is 14.5 Å². The van der Waals surface area contributed by atoms with Crippen molar-refractivity contribution in [1.29, 1.82) is 0 Å². The second kappa shape index (κ2) is 9.38. The lowest BCUT2D eigenvalue weighted by Crippen LogP contribution is -2.25. The molecule has 0 spiro atoms. The minimum atomic E-state index is -3.76. The Balaban J connectivity index is 1.98. The molecule has 0 aliphatic heterocycles. The molecule has 0 aliphatic carbocycles. The summed E-state index contributed by atoms with van der Waals surface area (Å²) in [5, 5.41) is 2.25. The van der Waals surface area contributed by atoms with Gasteiger partial charge >= 0.3 is 5.97 Å². The fraction of sp³-hybridized carbons (Fsp3) is 0.222. The first-order valence-corrected chi connectivity index (χ1v) is 9.73. The Morgan fingerprint density at radius 3 is 2.50 bits per heavy atom. The summed E-state index contributed by atoms with van der Waals surface area (Å²) in [6, 6.07) is 7.95. The van der Waals surface area contributed by atoms with E-state index in [1.54, 1.807) is 0 Å². The molecule has 2 aromatic rings. The molecule has 28 heavy (non-hydrogen) atoms. The standard InChI is InChI=1S/C18H18F2N2O5S/c1-2-8-21-28(25,26)14-5-3-4-12(9-14)18(24)27-11-17(23)22-13-6-7-15(19)16(20)10-13/h3-7,9-10,21H,2,8,11H2,1H3,(H,22,23). The van der Waals surface area contributed by atoms with Crippen molar-refractivity contribution in [3.63, 3.8) is 0 Å². The van der Waals surface area contributed by atoms with Crippen LogP contribution in [0.5, 0.6) is 0 Å². The van der Waals surface area contributed by atoms with E-state index in [9.17, 15) is 26.8 Å². The van der Waals surface area contributed by atoms with Crippen molar-refractivity contribution in [2.75, 3.05) is 18.5 Å². The van der Waals surface area contributed by atoms with Gasteiger partial charge in [-0.25, -0.2) is 26.7 Å². The van der Waals surface area contributed by atoms with Crippen LogP contribution in [0.1, 0.15) is 23.7 Å². The number of anilines is 1. The number of halogens is 2. The highest BCUT2D eigenvalue weighted by atomic mass is 32.2. The SMILES string of the molecule is CCCNS(=O)(=O)c1cccc(C(=O)OCC(=O)Nc2ccc(F)c(F)c2)c1. The van der Waals surface area contributed by atoms with E-state index in [2.05, 4.69) is 10.0 Å². The molecule has 0 bridgehead atoms. The van der Waals surface area contributed by atoms with Gasteiger partial charge in [0.05, 0.1) is 10.5 Å². The van der Waals surface area contributed by atoms with Gasteiger partial charge < -0.3 is 10.1 Å². The smallest absolute Gasteiger partial charge is 0.338 e. The Bertz CT molecular complexity index is 980. The molecule has 0 unspecified atom stereocenters. The van der Waals surface area contributed by atoms with Crippen molar-refractivity contribution in [3.05, 3.63) is 59.7 Å². The molecule has 0 aromatic heterocycles. The van der Waals surface area contributed by atoms with Gasteiger partial charge in [0.1, 0.15) is 0 Å². The molecule has 0 fully saturated rings. The van der Waals surface area contributed by atoms with Gasteiger partial charge in [0.25, 0.3) is 5.91 Å². The maximum atomic E-state index is 13.1. The maximum Gasteiger partial charge on any atom is 0.338 e. The first-order chi connectivity index (χ1) is 13.2. The summed E-state index contributed by atoms with van der Waals surface area (Å²) >= 11 is 0. The molecule has 2 N–H and O–H groups in total. The summed E-state index contributed by atoms with van der Waals surface area (Å²) in [6.07, 6.45) is 0.605. The first kappa shape index (κ1) is 21.5. The van der Waals surface area contributed by atoms with E-state index in [4.69, 9.17) is 4.74 Å². The van der Waals surface area contributed by atoms with E-state index in [1.807, 2.05) is 6.92 Å². The summed E-state index contributed by atoms with van der Waals surface area (Å²) < 4.78 is 57.4. The van der Waals surface area contributed by atoms with E-state index in [1.165, 1.54) is 18.2 Å². The number of rotatable bonds is 8. The molecule has 2 rings (SSSR count). The van der Waals surface area contributed by atoms with Crippen molar-refractivity contribution in [2.24, 2.45) is 0 Å². The molecule has 150 valence electrons. The van der Waals surface area contributed by atoms with Crippen molar-refractivity contribution in [1.82, 2.24) is 4.72 Å². The zero-order chi connectivity index (χ0) is 20.7. The van der Waals surface area contributed by atoms with Crippen LogP contribution in [0.15, 0.2) is 47.4 Å². The quantitative estimate of drug-likeness (QED) is 0.649. The zero-order valence-corrected chi connectivity index (χ0v) is 15.7. The highest BCUT2D eigenvalue weighted by Crippen LogP contribution is 2.14. The third-order valence-corrected chi connectivity index (χ3v) is 4.92. The van der Waals surface area contributed by atoms with Gasteiger partial charge in [-0.05, 0) is 36.8 Å². The first-order valence-electron chi connectivity index (χ1n) is 8.24. The summed E-state index contributed by atoms with van der Waals surface area (Å²) in [6.45, 7) is 1.37. The topological polar surface area (TPSA) is 102 Å². The Labute approximate surface area is 160 Å². The number of ether oxygens (including phenoxy) is 1. The lowest BCUT2D eigenvalue weighted by Gasteiger charge is -2.09. The zero-order valence-electron chi connectivity index (χ0n) is 14.9. The summed E-state index contributed by atoms with van der Waals surface area (Å²) in [7, 11) is -3.76. The molecule has 1 amide bonds. The average Bonchev–Trinajstić information content (AvgIpc) is 2.67. The van der Waals surface area contributed by atoms with E-state index in [0.717, 1.165) is 24.3 Å². The van der Waals surface area contributed by atoms with Gasteiger partial charge in [0.2, 0.25) is 10.0 Å². The van der Waals surface area contributed by atoms with E-state index in [0.29, 0.717) is 6.42 Å². The van der Waals surface area contributed by atoms with E-state index < -0.39 is 40.1 Å². The summed E-state index contributed by atoms with van der Waals surface area (Å²) in [5.74, 6) is -3.88. The predicted octanol–water partition coefficient (Wildman–Crippen LogP) is 2.45. The normalized spacial score (nSPS) is 11.1. The molecular formula is C18H18F2N2O5S. The lowest BCUT2D eigenvalue weighted by atomic mass is 10.2. The molecule has 0 saturated heterocycles. The molecule has 7 nitrogen and oxygen atoms in total. The van der Waals surface area contributed by atoms with Gasteiger partial charge in [-0.15, -0.1) is 0 Å². The molecule has 10 heteroatoms. The van der Waals surface area contributed by atoms with Gasteiger partial charge in [-0.1, -0.05) is 13.0 Å². The van der Waals surface area contributed by atoms with Crippen LogP contribution in [0, 0.1) is 11.6 Å². The van der Waals surface area contributed by atoms with Gasteiger partial charge in [0, 0.05) is 18.3 Å². The fourth-order valence-electron chi connectivity index (χ4n) is 2.10. The number of sulfonamides is 1. The molecule has 0 saturated carbocycles. The molecule has 0 radical (unpaired) electrons. The van der Waals surface area contributed by atoms with Crippen LogP contribution < -0.4 is 10.0 Å². The van der Waals surface area contributed by atoms with Crippen molar-refractivity contribution in [2.45, 2.75) is 18.2 Å². The molecule has 0 heterocycles. The van der Waals surface area contributed by atoms with Crippen LogP contribution >= 0.6 is 0 Å². The summed E-state index contributed by atoms with van der Waals surface area (Å²) in [5.41, 5.74) is -0.0601. The van der Waals surface area contributed by atoms with Crippen LogP contribution in [-0.2, 0) is 19.6 Å². The number of nitrogens with one attached hydrogen (secondary N) is 2. The molecule has 2 aromatic carbocycles. The largest absolute Gasteiger partial charge is 0.452 e. The molecule has 0 atom stereocenters. The number of esters is 1. The Hall–Kier alpha value is -2.85. The average molecular weight is 412 g/mol. The third-order valence-electron chi connectivity index (χ3n) is 3.46. The predicted molar refractivity (Wildman–Crippen MR) is 97.2 cm³/mol. The Morgan fingerprint density at radius 1 is 1.07 bits per heavy atom. The van der Waals surface area contributed by atoms with Gasteiger partial charge in [-0.2, -0.15) is 0 Å². The summed E-state index contributed by atoms with van der Waals surface area (Å²) in [4.78, 5) is 23.7. The number of hydrogen-bond acceptors (Lipinski definition) is 5. The highest BCUT2D eigenvalue weighted by Gasteiger charge is 2.17. The molecule has 0 aliphatic rings. The monoisotopic (exact) mass is 412 g/mol. The van der Waals surface area contributed by atoms with Crippen LogP contribution in [0.25, 0.3) is 0 Å². The van der Waals surface area contributed by atoms with Gasteiger partial charge in [-0.3, -0.25) is 4.79 Å². The van der Waals surface area contributed by atoms with Crippen LogP contribution in [0.2, 0.25) is 0 Å². The minimum Gasteiger partial charge on any atom is -0.452 e. The Morgan fingerprint density at radius 2 is 1.82 bits per heavy atom. The lowest BCUT2D eigenvalue weighted by molar-refractivity contribution is -0.119. The highest BCUT2D eigenvalue weighted by molar-refractivity contribution is 7.89. The van der Waals surface area contributed by atoms with Crippen LogP contribution in [0.3, 0.4) is 0 Å². The maximum absolute atomic E-state index is 13.1. The fourth-order valence-corrected chi connectivity index (χ4v) is 3.27. The third kappa shape index (κ3) is 5.83. The van der Waals surface area contributed by atoms with E-state index in [-0.39, 0.29) is 22.7 Å². The van der Waals surface area contributed by atoms with Crippen molar-refractivity contribution >= 4 is 27.6 Å². The number of amides is 1. The molecular weight excluding hydrogens is 394 g/mol. The number of hydrogen-bond donors (Lipinski definition) is 2.